The van der Waals surface area contributed by atoms with E-state index in [1.165, 1.54) is 19.1 Å². The van der Waals surface area contributed by atoms with Crippen molar-refractivity contribution in [3.63, 3.8) is 0 Å². The summed E-state index contributed by atoms with van der Waals surface area (Å²) in [6, 6.07) is 4.61. The maximum atomic E-state index is 12.4. The summed E-state index contributed by atoms with van der Waals surface area (Å²) in [7, 11) is -4.01. The third-order valence-corrected chi connectivity index (χ3v) is 4.76. The van der Waals surface area contributed by atoms with Crippen LogP contribution in [0.25, 0.3) is 0 Å². The molecule has 6 nitrogen and oxygen atoms in total. The molecule has 106 valence electrons. The highest BCUT2D eigenvalue weighted by Crippen LogP contribution is 2.16. The summed E-state index contributed by atoms with van der Waals surface area (Å²) in [6.07, 6.45) is 1.03. The van der Waals surface area contributed by atoms with Crippen molar-refractivity contribution < 1.29 is 8.42 Å². The van der Waals surface area contributed by atoms with Crippen LogP contribution in [0.4, 0.5) is 0 Å². The second kappa shape index (κ2) is 4.75. The average Bonchev–Trinajstić information content (AvgIpc) is 2.36. The fourth-order valence-electron chi connectivity index (χ4n) is 1.71. The van der Waals surface area contributed by atoms with Crippen molar-refractivity contribution in [2.24, 2.45) is 0 Å². The quantitative estimate of drug-likeness (QED) is 0.883. The summed E-state index contributed by atoms with van der Waals surface area (Å²) in [5.74, 6) is 0. The van der Waals surface area contributed by atoms with E-state index in [0.29, 0.717) is 3.97 Å². The van der Waals surface area contributed by atoms with Crippen LogP contribution in [0.5, 0.6) is 0 Å². The molecule has 0 atom stereocenters. The molecule has 0 saturated carbocycles. The molecule has 1 aromatic carbocycles. The monoisotopic (exact) mass is 294 g/mol. The highest BCUT2D eigenvalue weighted by molar-refractivity contribution is 7.90. The molecule has 0 aliphatic rings. The van der Waals surface area contributed by atoms with Crippen LogP contribution >= 0.6 is 0 Å². The maximum absolute atomic E-state index is 12.4. The number of rotatable bonds is 2. The molecule has 0 radical (unpaired) electrons. The lowest BCUT2D eigenvalue weighted by atomic mass is 10.1. The number of aryl methyl sites for hydroxylation is 3. The minimum absolute atomic E-state index is 0.00847. The van der Waals surface area contributed by atoms with Gasteiger partial charge in [0, 0.05) is 11.8 Å². The van der Waals surface area contributed by atoms with Crippen molar-refractivity contribution in [3.05, 3.63) is 61.9 Å². The number of nitrogens with zero attached hydrogens (tertiary/aromatic N) is 1. The summed E-state index contributed by atoms with van der Waals surface area (Å²) < 4.78 is 25.4. The van der Waals surface area contributed by atoms with Crippen molar-refractivity contribution in [1.82, 2.24) is 8.96 Å². The minimum Gasteiger partial charge on any atom is -0.273 e. The third-order valence-electron chi connectivity index (χ3n) is 3.12. The molecule has 7 heteroatoms. The van der Waals surface area contributed by atoms with Gasteiger partial charge in [-0.1, -0.05) is 6.07 Å². The van der Waals surface area contributed by atoms with E-state index >= 15 is 0 Å². The number of aromatic amines is 1. The normalized spacial score (nSPS) is 11.6. The van der Waals surface area contributed by atoms with Gasteiger partial charge in [0.2, 0.25) is 0 Å². The molecule has 0 spiro atoms. The van der Waals surface area contributed by atoms with Gasteiger partial charge >= 0.3 is 5.69 Å². The molecule has 2 rings (SSSR count). The van der Waals surface area contributed by atoms with Gasteiger partial charge in [0.25, 0.3) is 15.6 Å². The Labute approximate surface area is 115 Å². The van der Waals surface area contributed by atoms with Crippen LogP contribution in [0.15, 0.2) is 38.9 Å². The van der Waals surface area contributed by atoms with Gasteiger partial charge in [-0.15, -0.1) is 0 Å². The third kappa shape index (κ3) is 2.32. The molecule has 0 amide bonds. The Hall–Kier alpha value is -2.15. The van der Waals surface area contributed by atoms with Crippen LogP contribution in [-0.2, 0) is 10.0 Å². The Morgan fingerprint density at radius 2 is 1.65 bits per heavy atom. The van der Waals surface area contributed by atoms with Gasteiger partial charge < -0.3 is 0 Å². The van der Waals surface area contributed by atoms with E-state index < -0.39 is 21.3 Å². The molecule has 0 saturated heterocycles. The first-order valence-corrected chi connectivity index (χ1v) is 7.33. The van der Waals surface area contributed by atoms with Gasteiger partial charge in [0.05, 0.1) is 4.90 Å². The van der Waals surface area contributed by atoms with Crippen LogP contribution < -0.4 is 11.2 Å². The van der Waals surface area contributed by atoms with Gasteiger partial charge in [-0.25, -0.2) is 13.2 Å². The minimum atomic E-state index is -4.01. The van der Waals surface area contributed by atoms with Crippen LogP contribution in [0.2, 0.25) is 0 Å². The lowest BCUT2D eigenvalue weighted by molar-refractivity contribution is 0.583. The summed E-state index contributed by atoms with van der Waals surface area (Å²) in [5.41, 5.74) is 0.339. The largest absolute Gasteiger partial charge is 0.342 e. The van der Waals surface area contributed by atoms with Gasteiger partial charge in [0.15, 0.2) is 0 Å². The molecule has 1 heterocycles. The van der Waals surface area contributed by atoms with Gasteiger partial charge in [-0.2, -0.15) is 3.97 Å². The van der Waals surface area contributed by atoms with E-state index in [1.54, 1.807) is 13.0 Å². The number of H-pyrrole nitrogens is 1. The fourth-order valence-corrected chi connectivity index (χ4v) is 3.06. The van der Waals surface area contributed by atoms with Crippen molar-refractivity contribution in [2.75, 3.05) is 0 Å². The van der Waals surface area contributed by atoms with Crippen LogP contribution in [0.1, 0.15) is 16.7 Å². The van der Waals surface area contributed by atoms with Crippen LogP contribution in [0.3, 0.4) is 0 Å². The highest BCUT2D eigenvalue weighted by atomic mass is 32.2. The van der Waals surface area contributed by atoms with Crippen LogP contribution in [-0.4, -0.2) is 17.4 Å². The molecule has 2 aromatic rings. The zero-order valence-electron chi connectivity index (χ0n) is 11.3. The first kappa shape index (κ1) is 14.3. The average molecular weight is 294 g/mol. The van der Waals surface area contributed by atoms with E-state index in [4.69, 9.17) is 0 Å². The van der Waals surface area contributed by atoms with E-state index in [-0.39, 0.29) is 10.5 Å². The SMILES string of the molecule is Cc1ccc(S(=O)(=O)n2cc(C)c(=O)[nH]c2=O)cc1C. The summed E-state index contributed by atoms with van der Waals surface area (Å²) in [5, 5.41) is 0. The Kier molecular flexibility index (Phi) is 3.39. The molecule has 20 heavy (non-hydrogen) atoms. The topological polar surface area (TPSA) is 89.0 Å². The Morgan fingerprint density at radius 1 is 1.00 bits per heavy atom. The molecule has 0 aliphatic carbocycles. The fraction of sp³-hybridized carbons (Fsp3) is 0.231. The zero-order chi connectivity index (χ0) is 15.1. The standard InChI is InChI=1S/C13H14N2O4S/c1-8-4-5-11(6-9(8)2)20(18,19)15-7-10(3)12(16)14-13(15)17/h4-7H,1-3H3,(H,14,16,17). The maximum Gasteiger partial charge on any atom is 0.342 e. The van der Waals surface area contributed by atoms with Crippen molar-refractivity contribution in [3.8, 4) is 0 Å². The number of hydrogen-bond donors (Lipinski definition) is 1. The molecule has 0 aliphatic heterocycles. The first-order chi connectivity index (χ1) is 9.23. The second-order valence-corrected chi connectivity index (χ2v) is 6.43. The molecular weight excluding hydrogens is 280 g/mol. The van der Waals surface area contributed by atoms with Crippen molar-refractivity contribution in [2.45, 2.75) is 25.7 Å². The molecular formula is C13H14N2O4S. The Bertz CT molecular complexity index is 891. The lowest BCUT2D eigenvalue weighted by Gasteiger charge is -2.09. The van der Waals surface area contributed by atoms with E-state index in [9.17, 15) is 18.0 Å². The van der Waals surface area contributed by atoms with Crippen molar-refractivity contribution in [1.29, 1.82) is 0 Å². The lowest BCUT2D eigenvalue weighted by Crippen LogP contribution is -2.34. The summed E-state index contributed by atoms with van der Waals surface area (Å²) in [6.45, 7) is 5.09. The molecule has 0 unspecified atom stereocenters. The van der Waals surface area contributed by atoms with E-state index in [2.05, 4.69) is 0 Å². The predicted molar refractivity (Wildman–Crippen MR) is 74.6 cm³/mol. The summed E-state index contributed by atoms with van der Waals surface area (Å²) >= 11 is 0. The Balaban J connectivity index is 2.73. The number of benzene rings is 1. The first-order valence-electron chi connectivity index (χ1n) is 5.89. The highest BCUT2D eigenvalue weighted by Gasteiger charge is 2.19. The van der Waals surface area contributed by atoms with Gasteiger partial charge in [0.1, 0.15) is 0 Å². The summed E-state index contributed by atoms with van der Waals surface area (Å²) in [4.78, 5) is 25.0. The number of aromatic nitrogens is 2. The van der Waals surface area contributed by atoms with Crippen molar-refractivity contribution >= 4 is 10.0 Å². The predicted octanol–water partition coefficient (Wildman–Crippen LogP) is 0.699. The van der Waals surface area contributed by atoms with Gasteiger partial charge in [-0.05, 0) is 44.0 Å². The Morgan fingerprint density at radius 3 is 2.25 bits per heavy atom. The molecule has 0 bridgehead atoms. The number of nitrogens with one attached hydrogen (secondary N) is 1. The smallest absolute Gasteiger partial charge is 0.273 e. The van der Waals surface area contributed by atoms with Gasteiger partial charge in [-0.3, -0.25) is 9.78 Å². The van der Waals surface area contributed by atoms with E-state index in [0.717, 1.165) is 17.3 Å². The second-order valence-electron chi connectivity index (χ2n) is 4.62. The zero-order valence-corrected chi connectivity index (χ0v) is 12.1. The van der Waals surface area contributed by atoms with E-state index in [1.807, 2.05) is 11.9 Å². The number of hydrogen-bond acceptors (Lipinski definition) is 4. The van der Waals surface area contributed by atoms with Crippen LogP contribution in [0, 0.1) is 20.8 Å². The molecule has 0 fully saturated rings. The molecule has 1 N–H and O–H groups in total. The molecule has 1 aromatic heterocycles.